The smallest absolute Gasteiger partial charge is 0.189 e. The Morgan fingerprint density at radius 3 is 2.67 bits per heavy atom. The van der Waals surface area contributed by atoms with E-state index in [1.165, 1.54) is 0 Å². The molecule has 0 fully saturated rings. The number of hydrogen-bond acceptors (Lipinski definition) is 4. The summed E-state index contributed by atoms with van der Waals surface area (Å²) in [6.07, 6.45) is 0. The van der Waals surface area contributed by atoms with Crippen molar-refractivity contribution in [1.82, 2.24) is 4.90 Å². The number of halogens is 1. The minimum Gasteiger partial charge on any atom is -0.467 e. The predicted molar refractivity (Wildman–Crippen MR) is 75.0 cm³/mol. The van der Waals surface area contributed by atoms with E-state index in [0.717, 1.165) is 42.2 Å². The summed E-state index contributed by atoms with van der Waals surface area (Å²) in [4.78, 5) is 2.34. The second-order valence-corrected chi connectivity index (χ2v) is 4.24. The van der Waals surface area contributed by atoms with Crippen LogP contribution in [0.5, 0.6) is 5.75 Å². The van der Waals surface area contributed by atoms with Crippen LogP contribution in [0.25, 0.3) is 0 Å². The number of rotatable bonds is 4. The van der Waals surface area contributed by atoms with E-state index in [4.69, 9.17) is 15.2 Å². The largest absolute Gasteiger partial charge is 0.467 e. The van der Waals surface area contributed by atoms with Crippen molar-refractivity contribution >= 4 is 18.1 Å². The fourth-order valence-electron chi connectivity index (χ4n) is 2.13. The van der Waals surface area contributed by atoms with Crippen LogP contribution in [0.2, 0.25) is 0 Å². The summed E-state index contributed by atoms with van der Waals surface area (Å²) in [7, 11) is 0. The Hall–Kier alpha value is -0.970. The summed E-state index contributed by atoms with van der Waals surface area (Å²) in [5.74, 6) is 0.956. The molecule has 1 aromatic carbocycles. The molecular weight excluding hydrogens is 252 g/mol. The third-order valence-corrected chi connectivity index (χ3v) is 3.10. The van der Waals surface area contributed by atoms with Gasteiger partial charge in [0.05, 0.1) is 6.61 Å². The molecule has 0 aromatic heterocycles. The monoisotopic (exact) mass is 272 g/mol. The average molecular weight is 273 g/mol. The van der Waals surface area contributed by atoms with E-state index in [1.54, 1.807) is 0 Å². The van der Waals surface area contributed by atoms with Gasteiger partial charge in [-0.3, -0.25) is 4.90 Å². The normalized spacial score (nSPS) is 13.7. The van der Waals surface area contributed by atoms with Crippen LogP contribution in [-0.4, -0.2) is 24.8 Å². The summed E-state index contributed by atoms with van der Waals surface area (Å²) < 4.78 is 10.9. The zero-order valence-corrected chi connectivity index (χ0v) is 11.8. The van der Waals surface area contributed by atoms with Crippen molar-refractivity contribution in [3.05, 3.63) is 23.3 Å². The second kappa shape index (κ2) is 6.83. The molecule has 5 heteroatoms. The molecule has 1 heterocycles. The van der Waals surface area contributed by atoms with Crippen molar-refractivity contribution < 1.29 is 9.47 Å². The van der Waals surface area contributed by atoms with Gasteiger partial charge < -0.3 is 15.2 Å². The highest BCUT2D eigenvalue weighted by molar-refractivity contribution is 5.85. The number of benzene rings is 1. The van der Waals surface area contributed by atoms with Crippen LogP contribution in [0.4, 0.5) is 5.69 Å². The first kappa shape index (κ1) is 15.1. The molecule has 0 unspecified atom stereocenters. The molecule has 0 spiro atoms. The van der Waals surface area contributed by atoms with Crippen molar-refractivity contribution in [3.63, 3.8) is 0 Å². The predicted octanol–water partition coefficient (Wildman–Crippen LogP) is 2.40. The molecule has 0 amide bonds. The number of nitrogens with zero attached hydrogens (tertiary/aromatic N) is 1. The van der Waals surface area contributed by atoms with Crippen molar-refractivity contribution in [2.24, 2.45) is 0 Å². The Morgan fingerprint density at radius 1 is 1.28 bits per heavy atom. The lowest BCUT2D eigenvalue weighted by atomic mass is 10.1. The molecule has 18 heavy (non-hydrogen) atoms. The van der Waals surface area contributed by atoms with E-state index < -0.39 is 0 Å². The maximum atomic E-state index is 5.91. The van der Waals surface area contributed by atoms with Crippen LogP contribution in [0.3, 0.4) is 0 Å². The fourth-order valence-corrected chi connectivity index (χ4v) is 2.13. The van der Waals surface area contributed by atoms with Gasteiger partial charge in [-0.1, -0.05) is 13.8 Å². The van der Waals surface area contributed by atoms with Gasteiger partial charge in [0.25, 0.3) is 0 Å². The Morgan fingerprint density at radius 2 is 2.00 bits per heavy atom. The van der Waals surface area contributed by atoms with Gasteiger partial charge in [-0.2, -0.15) is 0 Å². The molecule has 0 aliphatic carbocycles. The topological polar surface area (TPSA) is 47.7 Å². The number of anilines is 1. The van der Waals surface area contributed by atoms with Crippen LogP contribution < -0.4 is 10.5 Å². The maximum Gasteiger partial charge on any atom is 0.189 e. The first-order valence-corrected chi connectivity index (χ1v) is 6.08. The second-order valence-electron chi connectivity index (χ2n) is 4.24. The van der Waals surface area contributed by atoms with E-state index in [0.29, 0.717) is 13.4 Å². The van der Waals surface area contributed by atoms with Crippen molar-refractivity contribution in [1.29, 1.82) is 0 Å². The summed E-state index contributed by atoms with van der Waals surface area (Å²) in [5, 5.41) is 0. The molecular formula is C13H21ClN2O2. The van der Waals surface area contributed by atoms with Crippen molar-refractivity contribution in [2.45, 2.75) is 27.0 Å². The highest BCUT2D eigenvalue weighted by Gasteiger charge is 2.17. The standard InChI is InChI=1S/C13H20N2O2.ClH/c1-3-15(4-2)7-10-5-12(14)6-11-8-16-9-17-13(10)11;/h5-6H,3-4,7-9,14H2,1-2H3;1H. The Balaban J connectivity index is 0.00000162. The molecule has 0 atom stereocenters. The Bertz CT molecular complexity index is 395. The van der Waals surface area contributed by atoms with Crippen LogP contribution in [0.1, 0.15) is 25.0 Å². The lowest BCUT2D eigenvalue weighted by Crippen LogP contribution is -2.23. The number of hydrogen-bond donors (Lipinski definition) is 1. The van der Waals surface area contributed by atoms with Gasteiger partial charge in [0.1, 0.15) is 5.75 Å². The molecule has 1 aliphatic rings. The van der Waals surface area contributed by atoms with Gasteiger partial charge in [-0.05, 0) is 25.2 Å². The SMILES string of the molecule is CCN(CC)Cc1cc(N)cc2c1OCOC2.Cl. The maximum absolute atomic E-state index is 5.91. The van der Waals surface area contributed by atoms with Gasteiger partial charge in [0.15, 0.2) is 6.79 Å². The highest BCUT2D eigenvalue weighted by atomic mass is 35.5. The van der Waals surface area contributed by atoms with Crippen molar-refractivity contribution in [2.75, 3.05) is 25.6 Å². The Labute approximate surface area is 114 Å². The molecule has 0 saturated carbocycles. The lowest BCUT2D eigenvalue weighted by molar-refractivity contribution is -0.0174. The minimum atomic E-state index is 0. The molecule has 0 bridgehead atoms. The third-order valence-electron chi connectivity index (χ3n) is 3.10. The highest BCUT2D eigenvalue weighted by Crippen LogP contribution is 2.31. The zero-order chi connectivity index (χ0) is 12.3. The number of fused-ring (bicyclic) bond motifs is 1. The number of nitrogen functional groups attached to an aromatic ring is 1. The van der Waals surface area contributed by atoms with Gasteiger partial charge in [0.2, 0.25) is 0 Å². The fraction of sp³-hybridized carbons (Fsp3) is 0.538. The number of ether oxygens (including phenoxy) is 2. The van der Waals surface area contributed by atoms with Gasteiger partial charge in [0, 0.05) is 23.4 Å². The van der Waals surface area contributed by atoms with Crippen LogP contribution in [0, 0.1) is 0 Å². The molecule has 4 nitrogen and oxygen atoms in total. The first-order valence-electron chi connectivity index (χ1n) is 6.08. The summed E-state index contributed by atoms with van der Waals surface area (Å²) in [6, 6.07) is 3.93. The zero-order valence-electron chi connectivity index (χ0n) is 10.9. The molecule has 1 aromatic rings. The number of nitrogens with two attached hydrogens (primary N) is 1. The van der Waals surface area contributed by atoms with Gasteiger partial charge in [-0.15, -0.1) is 12.4 Å². The van der Waals surface area contributed by atoms with E-state index in [2.05, 4.69) is 18.7 Å². The average Bonchev–Trinajstić information content (AvgIpc) is 2.35. The van der Waals surface area contributed by atoms with E-state index >= 15 is 0 Å². The van der Waals surface area contributed by atoms with Crippen LogP contribution in [0.15, 0.2) is 12.1 Å². The molecule has 0 radical (unpaired) electrons. The third kappa shape index (κ3) is 3.28. The van der Waals surface area contributed by atoms with Crippen LogP contribution >= 0.6 is 12.4 Å². The lowest BCUT2D eigenvalue weighted by Gasteiger charge is -2.24. The summed E-state index contributed by atoms with van der Waals surface area (Å²) in [6.45, 7) is 8.17. The van der Waals surface area contributed by atoms with Crippen molar-refractivity contribution in [3.8, 4) is 5.75 Å². The van der Waals surface area contributed by atoms with E-state index in [1.807, 2.05) is 12.1 Å². The molecule has 102 valence electrons. The molecule has 2 rings (SSSR count). The van der Waals surface area contributed by atoms with Gasteiger partial charge >= 0.3 is 0 Å². The molecule has 1 aliphatic heterocycles. The first-order chi connectivity index (χ1) is 8.24. The summed E-state index contributed by atoms with van der Waals surface area (Å²) in [5.41, 5.74) is 8.90. The van der Waals surface area contributed by atoms with Gasteiger partial charge in [-0.25, -0.2) is 0 Å². The van der Waals surface area contributed by atoms with E-state index in [9.17, 15) is 0 Å². The minimum absolute atomic E-state index is 0. The van der Waals surface area contributed by atoms with Crippen LogP contribution in [-0.2, 0) is 17.9 Å². The quantitative estimate of drug-likeness (QED) is 0.855. The summed E-state index contributed by atoms with van der Waals surface area (Å²) >= 11 is 0. The molecule has 2 N–H and O–H groups in total. The Kier molecular flexibility index (Phi) is 5.72. The van der Waals surface area contributed by atoms with E-state index in [-0.39, 0.29) is 12.4 Å². The molecule has 0 saturated heterocycles.